The molecule has 1 rings (SSSR count). The van der Waals surface area contributed by atoms with Gasteiger partial charge in [0.25, 0.3) is 0 Å². The lowest BCUT2D eigenvalue weighted by atomic mass is 9.85. The van der Waals surface area contributed by atoms with E-state index in [-0.39, 0.29) is 10.8 Å². The van der Waals surface area contributed by atoms with Gasteiger partial charge in [0.2, 0.25) is 0 Å². The molecule has 19 heavy (non-hydrogen) atoms. The minimum Gasteiger partial charge on any atom is -0.493 e. The van der Waals surface area contributed by atoms with Gasteiger partial charge in [0, 0.05) is 0 Å². The van der Waals surface area contributed by atoms with Crippen LogP contribution in [0.15, 0.2) is 18.2 Å². The molecule has 2 nitrogen and oxygen atoms in total. The Kier molecular flexibility index (Phi) is 5.03. The average Bonchev–Trinajstić information content (AvgIpc) is 2.29. The van der Waals surface area contributed by atoms with Crippen molar-refractivity contribution in [2.45, 2.75) is 53.4 Å². The van der Waals surface area contributed by atoms with Gasteiger partial charge in [-0.1, -0.05) is 52.3 Å². The number of benzene rings is 1. The predicted octanol–water partition coefficient (Wildman–Crippen LogP) is 4.05. The first kappa shape index (κ1) is 16.0. The van der Waals surface area contributed by atoms with Crippen LogP contribution in [0, 0.1) is 12.3 Å². The molecule has 0 spiro atoms. The van der Waals surface area contributed by atoms with E-state index in [0.29, 0.717) is 6.54 Å². The third-order valence-corrected chi connectivity index (χ3v) is 3.53. The number of nitrogens with two attached hydrogens (primary N) is 1. The van der Waals surface area contributed by atoms with Crippen LogP contribution in [-0.2, 0) is 5.41 Å². The molecule has 0 amide bonds. The van der Waals surface area contributed by atoms with Crippen molar-refractivity contribution in [2.75, 3.05) is 13.2 Å². The molecule has 0 heterocycles. The Labute approximate surface area is 118 Å². The highest BCUT2D eigenvalue weighted by atomic mass is 16.5. The summed E-state index contributed by atoms with van der Waals surface area (Å²) in [4.78, 5) is 0. The standard InChI is InChI=1S/C17H29NO/c1-13-7-8-15(14(11-13)16(2,3)4)19-10-9-17(5,6)12-18/h7-8,11H,9-10,12,18H2,1-6H3. The summed E-state index contributed by atoms with van der Waals surface area (Å²) in [5, 5.41) is 0. The zero-order chi connectivity index (χ0) is 14.7. The van der Waals surface area contributed by atoms with Crippen LogP contribution in [0.3, 0.4) is 0 Å². The predicted molar refractivity (Wildman–Crippen MR) is 82.8 cm³/mol. The first-order valence-corrected chi connectivity index (χ1v) is 7.10. The highest BCUT2D eigenvalue weighted by Gasteiger charge is 2.20. The molecule has 0 aliphatic heterocycles. The highest BCUT2D eigenvalue weighted by molar-refractivity contribution is 5.41. The summed E-state index contributed by atoms with van der Waals surface area (Å²) in [5.41, 5.74) is 8.55. The maximum Gasteiger partial charge on any atom is 0.123 e. The Morgan fingerprint density at radius 2 is 1.74 bits per heavy atom. The second-order valence-corrected chi connectivity index (χ2v) is 7.22. The number of hydrogen-bond donors (Lipinski definition) is 1. The van der Waals surface area contributed by atoms with E-state index in [1.807, 2.05) is 0 Å². The minimum atomic E-state index is 0.102. The van der Waals surface area contributed by atoms with Gasteiger partial charge in [-0.3, -0.25) is 0 Å². The maximum absolute atomic E-state index is 6.00. The van der Waals surface area contributed by atoms with Gasteiger partial charge in [0.05, 0.1) is 6.61 Å². The van der Waals surface area contributed by atoms with Crippen molar-refractivity contribution < 1.29 is 4.74 Å². The van der Waals surface area contributed by atoms with Crippen LogP contribution in [0.1, 0.15) is 52.2 Å². The number of ether oxygens (including phenoxy) is 1. The molecule has 1 aromatic rings. The zero-order valence-corrected chi connectivity index (χ0v) is 13.3. The van der Waals surface area contributed by atoms with Crippen LogP contribution >= 0.6 is 0 Å². The maximum atomic E-state index is 6.00. The normalized spacial score (nSPS) is 12.6. The molecular formula is C17H29NO. The van der Waals surface area contributed by atoms with Crippen molar-refractivity contribution in [3.63, 3.8) is 0 Å². The summed E-state index contributed by atoms with van der Waals surface area (Å²) in [7, 11) is 0. The molecule has 0 atom stereocenters. The third kappa shape index (κ3) is 4.87. The minimum absolute atomic E-state index is 0.102. The molecule has 0 bridgehead atoms. The van der Waals surface area contributed by atoms with E-state index in [1.54, 1.807) is 0 Å². The van der Waals surface area contributed by atoms with Gasteiger partial charge in [-0.15, -0.1) is 0 Å². The monoisotopic (exact) mass is 263 g/mol. The molecule has 0 aliphatic rings. The molecular weight excluding hydrogens is 234 g/mol. The van der Waals surface area contributed by atoms with E-state index in [4.69, 9.17) is 10.5 Å². The van der Waals surface area contributed by atoms with Crippen molar-refractivity contribution >= 4 is 0 Å². The fourth-order valence-corrected chi connectivity index (χ4v) is 1.90. The molecule has 108 valence electrons. The molecule has 0 fully saturated rings. The lowest BCUT2D eigenvalue weighted by Crippen LogP contribution is -2.26. The Morgan fingerprint density at radius 3 is 2.26 bits per heavy atom. The van der Waals surface area contributed by atoms with Gasteiger partial charge in [-0.05, 0) is 42.3 Å². The SMILES string of the molecule is Cc1ccc(OCCC(C)(C)CN)c(C(C)(C)C)c1. The molecule has 0 radical (unpaired) electrons. The molecule has 2 heteroatoms. The summed E-state index contributed by atoms with van der Waals surface area (Å²) in [6.45, 7) is 14.5. The Balaban J connectivity index is 2.79. The Bertz CT molecular complexity index is 416. The molecule has 1 aromatic carbocycles. The molecule has 2 N–H and O–H groups in total. The van der Waals surface area contributed by atoms with Gasteiger partial charge in [0.1, 0.15) is 5.75 Å². The van der Waals surface area contributed by atoms with Crippen molar-refractivity contribution in [1.29, 1.82) is 0 Å². The lowest BCUT2D eigenvalue weighted by Gasteiger charge is -2.26. The molecule has 0 saturated carbocycles. The van der Waals surface area contributed by atoms with E-state index in [2.05, 4.69) is 59.7 Å². The van der Waals surface area contributed by atoms with Crippen LogP contribution in [-0.4, -0.2) is 13.2 Å². The molecule has 0 saturated heterocycles. The topological polar surface area (TPSA) is 35.2 Å². The van der Waals surface area contributed by atoms with Crippen molar-refractivity contribution in [2.24, 2.45) is 11.1 Å². The van der Waals surface area contributed by atoms with Gasteiger partial charge >= 0.3 is 0 Å². The quantitative estimate of drug-likeness (QED) is 0.870. The van der Waals surface area contributed by atoms with Gasteiger partial charge in [0.15, 0.2) is 0 Å². The first-order chi connectivity index (χ1) is 8.65. The van der Waals surface area contributed by atoms with Crippen molar-refractivity contribution in [3.05, 3.63) is 29.3 Å². The zero-order valence-electron chi connectivity index (χ0n) is 13.3. The smallest absolute Gasteiger partial charge is 0.123 e. The first-order valence-electron chi connectivity index (χ1n) is 7.10. The third-order valence-electron chi connectivity index (χ3n) is 3.53. The largest absolute Gasteiger partial charge is 0.493 e. The second-order valence-electron chi connectivity index (χ2n) is 7.22. The number of rotatable bonds is 5. The van der Waals surface area contributed by atoms with E-state index < -0.39 is 0 Å². The van der Waals surface area contributed by atoms with Gasteiger partial charge < -0.3 is 10.5 Å². The summed E-state index contributed by atoms with van der Waals surface area (Å²) >= 11 is 0. The van der Waals surface area contributed by atoms with Crippen molar-refractivity contribution in [1.82, 2.24) is 0 Å². The summed E-state index contributed by atoms with van der Waals surface area (Å²) in [6, 6.07) is 6.42. The van der Waals surface area contributed by atoms with Crippen LogP contribution in [0.2, 0.25) is 0 Å². The van der Waals surface area contributed by atoms with Crippen LogP contribution in [0.5, 0.6) is 5.75 Å². The fraction of sp³-hybridized carbons (Fsp3) is 0.647. The molecule has 0 aliphatic carbocycles. The average molecular weight is 263 g/mol. The fourth-order valence-electron chi connectivity index (χ4n) is 1.90. The van der Waals surface area contributed by atoms with E-state index in [9.17, 15) is 0 Å². The lowest BCUT2D eigenvalue weighted by molar-refractivity contribution is 0.230. The second kappa shape index (κ2) is 5.96. The summed E-state index contributed by atoms with van der Waals surface area (Å²) in [5.74, 6) is 1.01. The summed E-state index contributed by atoms with van der Waals surface area (Å²) in [6.07, 6.45) is 0.973. The molecule has 0 aromatic heterocycles. The number of aryl methyl sites for hydroxylation is 1. The van der Waals surface area contributed by atoms with E-state index in [0.717, 1.165) is 18.8 Å². The van der Waals surface area contributed by atoms with Gasteiger partial charge in [-0.2, -0.15) is 0 Å². The Hall–Kier alpha value is -1.02. The van der Waals surface area contributed by atoms with E-state index >= 15 is 0 Å². The number of hydrogen-bond acceptors (Lipinski definition) is 2. The van der Waals surface area contributed by atoms with Crippen LogP contribution in [0.4, 0.5) is 0 Å². The highest BCUT2D eigenvalue weighted by Crippen LogP contribution is 2.32. The van der Waals surface area contributed by atoms with E-state index in [1.165, 1.54) is 11.1 Å². The van der Waals surface area contributed by atoms with Crippen LogP contribution in [0.25, 0.3) is 0 Å². The Morgan fingerprint density at radius 1 is 1.11 bits per heavy atom. The summed E-state index contributed by atoms with van der Waals surface area (Å²) < 4.78 is 6.00. The van der Waals surface area contributed by atoms with Gasteiger partial charge in [-0.25, -0.2) is 0 Å². The van der Waals surface area contributed by atoms with Crippen LogP contribution < -0.4 is 10.5 Å². The van der Waals surface area contributed by atoms with Crippen molar-refractivity contribution in [3.8, 4) is 5.75 Å². The molecule has 0 unspecified atom stereocenters.